The molecule has 126 valence electrons. The molecule has 4 nitrogen and oxygen atoms in total. The molecule has 0 fully saturated rings. The summed E-state index contributed by atoms with van der Waals surface area (Å²) in [5, 5.41) is 11.5. The minimum Gasteiger partial charge on any atom is -0.456 e. The second-order valence-corrected chi connectivity index (χ2v) is 6.56. The number of hydrogen-bond acceptors (Lipinski definition) is 3. The molecule has 1 aliphatic heterocycles. The zero-order valence-corrected chi connectivity index (χ0v) is 14.8. The van der Waals surface area contributed by atoms with E-state index in [-0.39, 0.29) is 6.61 Å². The predicted molar refractivity (Wildman–Crippen MR) is 99.7 cm³/mol. The molecule has 1 aromatic carbocycles. The van der Waals surface area contributed by atoms with Gasteiger partial charge in [0.1, 0.15) is 25.4 Å². The summed E-state index contributed by atoms with van der Waals surface area (Å²) < 4.78 is 8.30. The molecular formula is C20H25N2O2+. The van der Waals surface area contributed by atoms with Crippen molar-refractivity contribution < 1.29 is 9.52 Å². The highest BCUT2D eigenvalue weighted by Gasteiger charge is 2.16. The first-order valence-corrected chi connectivity index (χ1v) is 8.29. The standard InChI is InChI=1S/C20H25N2O2/c1-21(2)14-7-9-17-16(6-5-11-23)18-10-8-15(22(3)4)13-20(18)24-19(17)12-14/h7-10,12-13,23H,5-6,11H2,1-4H3/q+1. The summed E-state index contributed by atoms with van der Waals surface area (Å²) in [5.41, 5.74) is 4.37. The first-order valence-electron chi connectivity index (χ1n) is 8.29. The third-order valence-electron chi connectivity index (χ3n) is 4.42. The van der Waals surface area contributed by atoms with Crippen LogP contribution in [0.25, 0.3) is 22.3 Å². The maximum atomic E-state index is 9.27. The number of hydrogen-bond donors (Lipinski definition) is 1. The van der Waals surface area contributed by atoms with Gasteiger partial charge in [0.15, 0.2) is 0 Å². The smallest absolute Gasteiger partial charge is 0.203 e. The van der Waals surface area contributed by atoms with Gasteiger partial charge in [0.2, 0.25) is 5.36 Å². The van der Waals surface area contributed by atoms with Crippen molar-refractivity contribution in [3.8, 4) is 11.3 Å². The number of nitrogens with zero attached hydrogens (tertiary/aromatic N) is 2. The van der Waals surface area contributed by atoms with Gasteiger partial charge in [-0.2, -0.15) is 0 Å². The SMILES string of the molecule is CN(C)c1ccc2c(CCCO)c3ccc(=[N+](C)C)cc-3oc2c1. The van der Waals surface area contributed by atoms with Crippen LogP contribution in [0.5, 0.6) is 0 Å². The van der Waals surface area contributed by atoms with Gasteiger partial charge < -0.3 is 14.4 Å². The fourth-order valence-electron chi connectivity index (χ4n) is 3.03. The third-order valence-corrected chi connectivity index (χ3v) is 4.42. The number of aliphatic hydroxyl groups excluding tert-OH is 1. The van der Waals surface area contributed by atoms with Crippen LogP contribution in [0.15, 0.2) is 40.8 Å². The Hall–Kier alpha value is -2.33. The molecule has 0 bridgehead atoms. The zero-order valence-electron chi connectivity index (χ0n) is 14.8. The van der Waals surface area contributed by atoms with Crippen molar-refractivity contribution in [2.75, 3.05) is 39.7 Å². The molecule has 1 heterocycles. The molecule has 2 aliphatic rings. The van der Waals surface area contributed by atoms with Crippen molar-refractivity contribution in [3.05, 3.63) is 47.3 Å². The van der Waals surface area contributed by atoms with Crippen molar-refractivity contribution in [1.82, 2.24) is 4.58 Å². The lowest BCUT2D eigenvalue weighted by Crippen LogP contribution is -2.21. The van der Waals surface area contributed by atoms with E-state index in [0.29, 0.717) is 0 Å². The first kappa shape index (κ1) is 16.5. The maximum absolute atomic E-state index is 9.27. The van der Waals surface area contributed by atoms with E-state index in [1.165, 1.54) is 5.56 Å². The van der Waals surface area contributed by atoms with Gasteiger partial charge in [0, 0.05) is 49.5 Å². The summed E-state index contributed by atoms with van der Waals surface area (Å²) in [6, 6.07) is 12.6. The lowest BCUT2D eigenvalue weighted by Gasteiger charge is -2.17. The van der Waals surface area contributed by atoms with Gasteiger partial charge in [-0.1, -0.05) is 0 Å². The van der Waals surface area contributed by atoms with Gasteiger partial charge in [-0.15, -0.1) is 0 Å². The summed E-state index contributed by atoms with van der Waals surface area (Å²) in [5.74, 6) is 0.887. The number of fused-ring (bicyclic) bond motifs is 2. The molecule has 0 amide bonds. The van der Waals surface area contributed by atoms with E-state index >= 15 is 0 Å². The summed E-state index contributed by atoms with van der Waals surface area (Å²) >= 11 is 0. The Morgan fingerprint density at radius 3 is 2.54 bits per heavy atom. The monoisotopic (exact) mass is 325 g/mol. The Labute approximate surface area is 142 Å². The van der Waals surface area contributed by atoms with E-state index in [1.54, 1.807) is 0 Å². The van der Waals surface area contributed by atoms with E-state index in [9.17, 15) is 5.11 Å². The first-order chi connectivity index (χ1) is 11.5. The summed E-state index contributed by atoms with van der Waals surface area (Å²) in [7, 11) is 8.11. The lowest BCUT2D eigenvalue weighted by atomic mass is 9.96. The van der Waals surface area contributed by atoms with E-state index in [1.807, 2.05) is 28.2 Å². The molecular weight excluding hydrogens is 300 g/mol. The molecule has 0 atom stereocenters. The van der Waals surface area contributed by atoms with Crippen molar-refractivity contribution in [3.63, 3.8) is 0 Å². The summed E-state index contributed by atoms with van der Waals surface area (Å²) in [4.78, 5) is 2.07. The highest BCUT2D eigenvalue weighted by Crippen LogP contribution is 2.34. The number of aryl methyl sites for hydroxylation is 1. The highest BCUT2D eigenvalue weighted by atomic mass is 16.3. The van der Waals surface area contributed by atoms with Crippen LogP contribution in [-0.4, -0.2) is 39.9 Å². The van der Waals surface area contributed by atoms with Crippen LogP contribution in [0.2, 0.25) is 0 Å². The van der Waals surface area contributed by atoms with Crippen molar-refractivity contribution in [2.24, 2.45) is 0 Å². The highest BCUT2D eigenvalue weighted by molar-refractivity contribution is 5.90. The van der Waals surface area contributed by atoms with Gasteiger partial charge >= 0.3 is 0 Å². The molecule has 4 heteroatoms. The minimum atomic E-state index is 0.195. The van der Waals surface area contributed by atoms with E-state index in [2.05, 4.69) is 45.9 Å². The molecule has 0 spiro atoms. The van der Waals surface area contributed by atoms with Crippen LogP contribution in [0.3, 0.4) is 0 Å². The number of aliphatic hydroxyl groups is 1. The molecule has 0 aromatic heterocycles. The Balaban J connectivity index is 2.34. The molecule has 1 aliphatic carbocycles. The second-order valence-electron chi connectivity index (χ2n) is 6.56. The molecule has 0 saturated carbocycles. The van der Waals surface area contributed by atoms with Crippen molar-refractivity contribution >= 4 is 16.7 Å². The van der Waals surface area contributed by atoms with Crippen LogP contribution >= 0.6 is 0 Å². The van der Waals surface area contributed by atoms with Crippen LogP contribution in [0, 0.1) is 0 Å². The molecule has 1 N–H and O–H groups in total. The van der Waals surface area contributed by atoms with Crippen LogP contribution in [-0.2, 0) is 6.42 Å². The molecule has 24 heavy (non-hydrogen) atoms. The molecule has 0 radical (unpaired) electrons. The van der Waals surface area contributed by atoms with Gasteiger partial charge in [-0.3, -0.25) is 0 Å². The second kappa shape index (κ2) is 6.65. The lowest BCUT2D eigenvalue weighted by molar-refractivity contribution is 0.288. The van der Waals surface area contributed by atoms with Crippen LogP contribution < -0.4 is 14.8 Å². The molecule has 1 aromatic rings. The number of rotatable bonds is 4. The third kappa shape index (κ3) is 3.02. The largest absolute Gasteiger partial charge is 0.456 e. The topological polar surface area (TPSA) is 39.6 Å². The van der Waals surface area contributed by atoms with E-state index < -0.39 is 0 Å². The van der Waals surface area contributed by atoms with Crippen LogP contribution in [0.1, 0.15) is 12.0 Å². The van der Waals surface area contributed by atoms with Crippen molar-refractivity contribution in [1.29, 1.82) is 0 Å². The summed E-state index contributed by atoms with van der Waals surface area (Å²) in [6.07, 6.45) is 1.58. The van der Waals surface area contributed by atoms with Crippen LogP contribution in [0.4, 0.5) is 5.69 Å². The normalized spacial score (nSPS) is 11.2. The van der Waals surface area contributed by atoms with E-state index in [4.69, 9.17) is 4.42 Å². The molecule has 3 rings (SSSR count). The van der Waals surface area contributed by atoms with Gasteiger partial charge in [-0.05, 0) is 36.6 Å². The molecule has 0 saturated heterocycles. The van der Waals surface area contributed by atoms with Gasteiger partial charge in [0.25, 0.3) is 0 Å². The maximum Gasteiger partial charge on any atom is 0.203 e. The number of benzene rings is 2. The predicted octanol–water partition coefficient (Wildman–Crippen LogP) is 2.56. The Bertz CT molecular complexity index is 905. The average molecular weight is 325 g/mol. The minimum absolute atomic E-state index is 0.195. The fourth-order valence-corrected chi connectivity index (χ4v) is 3.03. The van der Waals surface area contributed by atoms with Gasteiger partial charge in [0.05, 0.1) is 6.07 Å². The average Bonchev–Trinajstić information content (AvgIpc) is 2.57. The van der Waals surface area contributed by atoms with Gasteiger partial charge in [-0.25, -0.2) is 4.58 Å². The Morgan fingerprint density at radius 2 is 1.88 bits per heavy atom. The molecule has 0 unspecified atom stereocenters. The summed E-state index contributed by atoms with van der Waals surface area (Å²) in [6.45, 7) is 0.195. The van der Waals surface area contributed by atoms with E-state index in [0.717, 1.165) is 46.2 Å². The fraction of sp³-hybridized carbons (Fsp3) is 0.350. The zero-order chi connectivity index (χ0) is 17.3. The number of anilines is 1. The quantitative estimate of drug-likeness (QED) is 0.592. The van der Waals surface area contributed by atoms with Crippen molar-refractivity contribution in [2.45, 2.75) is 12.8 Å². The Kier molecular flexibility index (Phi) is 4.58. The Morgan fingerprint density at radius 1 is 1.08 bits per heavy atom.